The lowest BCUT2D eigenvalue weighted by molar-refractivity contribution is -0.140. The molecule has 9 nitrogen and oxygen atoms in total. The number of halogens is 1. The molecular weight excluding hydrogens is 656 g/mol. The van der Waals surface area contributed by atoms with Gasteiger partial charge in [0, 0.05) is 23.1 Å². The van der Waals surface area contributed by atoms with Crippen LogP contribution in [-0.4, -0.2) is 41.4 Å². The van der Waals surface area contributed by atoms with Crippen LogP contribution in [-0.2, 0) is 25.2 Å². The van der Waals surface area contributed by atoms with E-state index in [-0.39, 0.29) is 45.2 Å². The van der Waals surface area contributed by atoms with Gasteiger partial charge < -0.3 is 25.2 Å². The molecule has 0 aliphatic heterocycles. The molecule has 10 heteroatoms. The SMILES string of the molecule is CCC(C)(C)c1ccc(OCCCC(=O)Nc2ccc(Cl)c(NC(=O)C(Oc3ccc(C(=O)O)cc3)C(=O)C(C)(C)C)c2)c(C(C)(C)CC)c1. The molecular formula is C40H51ClN2O7. The van der Waals surface area contributed by atoms with E-state index >= 15 is 0 Å². The van der Waals surface area contributed by atoms with Gasteiger partial charge in [0.15, 0.2) is 5.78 Å². The van der Waals surface area contributed by atoms with Crippen LogP contribution in [0.15, 0.2) is 60.7 Å². The lowest BCUT2D eigenvalue weighted by atomic mass is 9.76. The highest BCUT2D eigenvalue weighted by Gasteiger charge is 2.37. The zero-order valence-electron chi connectivity index (χ0n) is 30.7. The van der Waals surface area contributed by atoms with Crippen molar-refractivity contribution in [3.8, 4) is 11.5 Å². The number of hydrogen-bond acceptors (Lipinski definition) is 6. The van der Waals surface area contributed by atoms with Crippen LogP contribution >= 0.6 is 11.6 Å². The summed E-state index contributed by atoms with van der Waals surface area (Å²) in [5, 5.41) is 14.9. The molecule has 0 fully saturated rings. The van der Waals surface area contributed by atoms with E-state index in [1.54, 1.807) is 26.8 Å². The Bertz CT molecular complexity index is 1690. The summed E-state index contributed by atoms with van der Waals surface area (Å²) >= 11 is 6.39. The van der Waals surface area contributed by atoms with Crippen LogP contribution in [0, 0.1) is 5.41 Å². The number of carboxylic acids is 1. The number of carbonyl (C=O) groups excluding carboxylic acids is 3. The molecule has 0 saturated heterocycles. The topological polar surface area (TPSA) is 131 Å². The van der Waals surface area contributed by atoms with Crippen LogP contribution in [0.25, 0.3) is 0 Å². The van der Waals surface area contributed by atoms with E-state index in [1.807, 2.05) is 6.07 Å². The Morgan fingerprint density at radius 1 is 0.820 bits per heavy atom. The summed E-state index contributed by atoms with van der Waals surface area (Å²) in [5.41, 5.74) is 2.09. The molecule has 3 rings (SSSR count). The summed E-state index contributed by atoms with van der Waals surface area (Å²) < 4.78 is 12.0. The Balaban J connectivity index is 1.67. The number of anilines is 2. The normalized spacial score (nSPS) is 12.5. The van der Waals surface area contributed by atoms with E-state index in [1.165, 1.54) is 42.0 Å². The Labute approximate surface area is 301 Å². The van der Waals surface area contributed by atoms with E-state index in [2.05, 4.69) is 64.3 Å². The average Bonchev–Trinajstić information content (AvgIpc) is 3.06. The van der Waals surface area contributed by atoms with Crippen LogP contribution in [0.4, 0.5) is 11.4 Å². The van der Waals surface area contributed by atoms with Crippen LogP contribution in [0.3, 0.4) is 0 Å². The van der Waals surface area contributed by atoms with Gasteiger partial charge in [-0.1, -0.05) is 86.0 Å². The molecule has 1 unspecified atom stereocenters. The van der Waals surface area contributed by atoms with Crippen LogP contribution in [0.5, 0.6) is 11.5 Å². The van der Waals surface area contributed by atoms with E-state index in [4.69, 9.17) is 21.1 Å². The predicted molar refractivity (Wildman–Crippen MR) is 199 cm³/mol. The smallest absolute Gasteiger partial charge is 0.335 e. The molecule has 0 aromatic heterocycles. The molecule has 3 aromatic carbocycles. The van der Waals surface area contributed by atoms with Crippen molar-refractivity contribution in [2.24, 2.45) is 5.41 Å². The fraction of sp³-hybridized carbons (Fsp3) is 0.450. The second-order valence-electron chi connectivity index (χ2n) is 14.8. The van der Waals surface area contributed by atoms with Crippen molar-refractivity contribution in [2.75, 3.05) is 17.2 Å². The van der Waals surface area contributed by atoms with E-state index in [0.717, 1.165) is 24.2 Å². The van der Waals surface area contributed by atoms with Gasteiger partial charge in [-0.05, 0) is 84.2 Å². The van der Waals surface area contributed by atoms with Gasteiger partial charge >= 0.3 is 5.97 Å². The second-order valence-corrected chi connectivity index (χ2v) is 15.2. The summed E-state index contributed by atoms with van der Waals surface area (Å²) in [4.78, 5) is 50.8. The lowest BCUT2D eigenvalue weighted by Gasteiger charge is -2.30. The fourth-order valence-electron chi connectivity index (χ4n) is 4.97. The van der Waals surface area contributed by atoms with Gasteiger partial charge in [0.1, 0.15) is 11.5 Å². The van der Waals surface area contributed by atoms with E-state index in [0.29, 0.717) is 18.7 Å². The van der Waals surface area contributed by atoms with Crippen LogP contribution in [0.1, 0.15) is 109 Å². The summed E-state index contributed by atoms with van der Waals surface area (Å²) in [5.74, 6) is -1.65. The number of amides is 2. The van der Waals surface area contributed by atoms with Gasteiger partial charge in [-0.3, -0.25) is 14.4 Å². The Morgan fingerprint density at radius 3 is 2.04 bits per heavy atom. The first-order chi connectivity index (χ1) is 23.3. The summed E-state index contributed by atoms with van der Waals surface area (Å²) in [6, 6.07) is 16.5. The number of rotatable bonds is 16. The van der Waals surface area contributed by atoms with Gasteiger partial charge in [-0.15, -0.1) is 0 Å². The van der Waals surface area contributed by atoms with Crippen molar-refractivity contribution >= 4 is 46.5 Å². The number of aromatic carboxylic acids is 1. The largest absolute Gasteiger partial charge is 0.493 e. The number of ether oxygens (including phenoxy) is 2. The highest BCUT2D eigenvalue weighted by molar-refractivity contribution is 6.34. The third kappa shape index (κ3) is 10.6. The van der Waals surface area contributed by atoms with Gasteiger partial charge in [-0.2, -0.15) is 0 Å². The molecule has 0 bridgehead atoms. The average molecular weight is 707 g/mol. The highest BCUT2D eigenvalue weighted by atomic mass is 35.5. The number of carbonyl (C=O) groups is 4. The molecule has 3 N–H and O–H groups in total. The minimum absolute atomic E-state index is 0.0325. The second kappa shape index (κ2) is 16.6. The number of Topliss-reactive ketones (excluding diaryl/α,β-unsaturated/α-hetero) is 1. The Hall–Kier alpha value is -4.37. The van der Waals surface area contributed by atoms with Gasteiger partial charge in [0.2, 0.25) is 12.0 Å². The molecule has 1 atom stereocenters. The molecule has 270 valence electrons. The van der Waals surface area contributed by atoms with Crippen LogP contribution < -0.4 is 20.1 Å². The van der Waals surface area contributed by atoms with E-state index < -0.39 is 29.2 Å². The Kier molecular flexibility index (Phi) is 13.3. The Morgan fingerprint density at radius 2 is 1.46 bits per heavy atom. The first-order valence-corrected chi connectivity index (χ1v) is 17.4. The highest BCUT2D eigenvalue weighted by Crippen LogP contribution is 2.38. The molecule has 50 heavy (non-hydrogen) atoms. The first-order valence-electron chi connectivity index (χ1n) is 17.0. The van der Waals surface area contributed by atoms with Crippen molar-refractivity contribution < 1.29 is 33.8 Å². The predicted octanol–water partition coefficient (Wildman–Crippen LogP) is 9.21. The minimum atomic E-state index is -1.56. The molecule has 2 amide bonds. The quantitative estimate of drug-likeness (QED) is 0.1000. The zero-order valence-corrected chi connectivity index (χ0v) is 31.4. The molecule has 0 spiro atoms. The molecule has 0 heterocycles. The number of nitrogens with one attached hydrogen (secondary N) is 2. The monoisotopic (exact) mass is 706 g/mol. The maximum atomic E-state index is 13.4. The maximum Gasteiger partial charge on any atom is 0.335 e. The zero-order chi connectivity index (χ0) is 37.4. The third-order valence-corrected chi connectivity index (χ3v) is 9.47. The maximum absolute atomic E-state index is 13.4. The van der Waals surface area contributed by atoms with Crippen molar-refractivity contribution in [1.29, 1.82) is 0 Å². The third-order valence-electron chi connectivity index (χ3n) is 9.14. The van der Waals surface area contributed by atoms with Crippen molar-refractivity contribution in [3.63, 3.8) is 0 Å². The molecule has 0 aliphatic carbocycles. The van der Waals surface area contributed by atoms with Crippen molar-refractivity contribution in [3.05, 3.63) is 82.4 Å². The lowest BCUT2D eigenvalue weighted by Crippen LogP contribution is -2.45. The number of carboxylic acid groups (broad SMARTS) is 1. The molecule has 3 aromatic rings. The molecule has 0 aliphatic rings. The van der Waals surface area contributed by atoms with E-state index in [9.17, 15) is 24.3 Å². The molecule has 0 radical (unpaired) electrons. The molecule has 0 saturated carbocycles. The summed E-state index contributed by atoms with van der Waals surface area (Å²) in [6.07, 6.45) is 1.10. The number of hydrogen-bond donors (Lipinski definition) is 3. The van der Waals surface area contributed by atoms with Gasteiger partial charge in [0.25, 0.3) is 5.91 Å². The summed E-state index contributed by atoms with van der Waals surface area (Å²) in [6.45, 7) is 18.6. The first kappa shape index (κ1) is 40.1. The standard InChI is InChI=1S/C40H51ClN2O7/c1-10-39(6,7)26-16-21-32(29(23-26)40(8,9)11-2)49-22-12-13-33(44)42-27-17-20-30(41)31(24-27)43-36(46)34(35(45)38(3,4)5)50-28-18-14-25(15-19-28)37(47)48/h14-21,23-24,34H,10-13,22H2,1-9H3,(H,42,44)(H,43,46)(H,47,48). The fourth-order valence-corrected chi connectivity index (χ4v) is 5.13. The van der Waals surface area contributed by atoms with Crippen molar-refractivity contribution in [2.45, 2.75) is 105 Å². The number of ketones is 1. The van der Waals surface area contributed by atoms with Gasteiger partial charge in [-0.25, -0.2) is 4.79 Å². The van der Waals surface area contributed by atoms with Gasteiger partial charge in [0.05, 0.1) is 22.9 Å². The van der Waals surface area contributed by atoms with Crippen LogP contribution in [0.2, 0.25) is 5.02 Å². The minimum Gasteiger partial charge on any atom is -0.493 e. The van der Waals surface area contributed by atoms with Crippen molar-refractivity contribution in [1.82, 2.24) is 0 Å². The summed E-state index contributed by atoms with van der Waals surface area (Å²) in [7, 11) is 0. The number of benzene rings is 3.